The highest BCUT2D eigenvalue weighted by molar-refractivity contribution is 6.05. The minimum absolute atomic E-state index is 0.0412. The third kappa shape index (κ3) is 5.27. The van der Waals surface area contributed by atoms with Crippen molar-refractivity contribution in [2.45, 2.75) is 57.5 Å². The van der Waals surface area contributed by atoms with Crippen LogP contribution in [0.25, 0.3) is 10.8 Å². The number of rotatable bonds is 7. The van der Waals surface area contributed by atoms with Crippen LogP contribution in [0.5, 0.6) is 5.75 Å². The Bertz CT molecular complexity index is 1420. The lowest BCUT2D eigenvalue weighted by Crippen LogP contribution is -2.54. The van der Waals surface area contributed by atoms with E-state index in [0.29, 0.717) is 18.5 Å². The summed E-state index contributed by atoms with van der Waals surface area (Å²) in [5.74, 6) is -0.123. The lowest BCUT2D eigenvalue weighted by atomic mass is 10.00. The normalized spacial score (nSPS) is 23.7. The highest BCUT2D eigenvalue weighted by Gasteiger charge is 2.39. The Balaban J connectivity index is 1.15. The number of likely N-dealkylation sites (tertiary alicyclic amines) is 1. The summed E-state index contributed by atoms with van der Waals surface area (Å²) in [6, 6.07) is 20.3. The van der Waals surface area contributed by atoms with Crippen molar-refractivity contribution >= 4 is 28.5 Å². The van der Waals surface area contributed by atoms with Gasteiger partial charge in [-0.2, -0.15) is 0 Å². The van der Waals surface area contributed by atoms with Gasteiger partial charge in [0.1, 0.15) is 17.9 Å². The highest BCUT2D eigenvalue weighted by Crippen LogP contribution is 2.31. The number of amides is 3. The van der Waals surface area contributed by atoms with Crippen LogP contribution in [0, 0.1) is 0 Å². The van der Waals surface area contributed by atoms with Crippen LogP contribution in [-0.4, -0.2) is 65.3 Å². The van der Waals surface area contributed by atoms with E-state index in [1.165, 1.54) is 16.3 Å². The van der Waals surface area contributed by atoms with Gasteiger partial charge in [-0.05, 0) is 65.6 Å². The van der Waals surface area contributed by atoms with Crippen LogP contribution in [-0.2, 0) is 22.7 Å². The van der Waals surface area contributed by atoms with Crippen molar-refractivity contribution in [1.82, 2.24) is 20.4 Å². The topological polar surface area (TPSA) is 91.0 Å². The molecule has 0 radical (unpaired) electrons. The Labute approximate surface area is 228 Å². The molecular weight excluding hydrogens is 492 g/mol. The summed E-state index contributed by atoms with van der Waals surface area (Å²) >= 11 is 0. The van der Waals surface area contributed by atoms with Crippen LogP contribution >= 0.6 is 0 Å². The molecule has 3 aliphatic heterocycles. The third-order valence-corrected chi connectivity index (χ3v) is 8.11. The maximum absolute atomic E-state index is 13.1. The highest BCUT2D eigenvalue weighted by atomic mass is 16.5. The average Bonchev–Trinajstić information content (AvgIpc) is 3.25. The van der Waals surface area contributed by atoms with E-state index in [-0.39, 0.29) is 30.4 Å². The van der Waals surface area contributed by atoms with Crippen molar-refractivity contribution in [2.24, 2.45) is 0 Å². The number of nitrogens with one attached hydrogen (secondary N) is 2. The molecule has 0 saturated carbocycles. The van der Waals surface area contributed by atoms with Crippen LogP contribution < -0.4 is 15.4 Å². The van der Waals surface area contributed by atoms with Crippen LogP contribution in [0.1, 0.15) is 47.7 Å². The number of carbonyl (C=O) groups is 3. The molecule has 3 heterocycles. The van der Waals surface area contributed by atoms with Gasteiger partial charge in [0, 0.05) is 44.2 Å². The number of imide groups is 1. The van der Waals surface area contributed by atoms with E-state index in [1.54, 1.807) is 11.0 Å². The van der Waals surface area contributed by atoms with E-state index >= 15 is 0 Å². The van der Waals surface area contributed by atoms with Crippen LogP contribution in [0.4, 0.5) is 0 Å². The van der Waals surface area contributed by atoms with Gasteiger partial charge >= 0.3 is 0 Å². The number of nitrogens with zero attached hydrogens (tertiary/aromatic N) is 2. The predicted molar refractivity (Wildman–Crippen MR) is 148 cm³/mol. The van der Waals surface area contributed by atoms with Gasteiger partial charge in [0.05, 0.1) is 0 Å². The lowest BCUT2D eigenvalue weighted by molar-refractivity contribution is -0.136. The molecule has 3 amide bonds. The number of benzene rings is 3. The van der Waals surface area contributed by atoms with Gasteiger partial charge < -0.3 is 15.0 Å². The quantitative estimate of drug-likeness (QED) is 0.460. The molecule has 3 aliphatic rings. The predicted octanol–water partition coefficient (Wildman–Crippen LogP) is 3.23. The number of hydrogen-bond donors (Lipinski definition) is 2. The smallest absolute Gasteiger partial charge is 0.255 e. The second kappa shape index (κ2) is 10.8. The molecule has 202 valence electrons. The van der Waals surface area contributed by atoms with Gasteiger partial charge in [-0.15, -0.1) is 0 Å². The molecule has 0 spiro atoms. The third-order valence-electron chi connectivity index (χ3n) is 8.11. The molecular formula is C31H34N4O4. The van der Waals surface area contributed by atoms with Gasteiger partial charge in [0.2, 0.25) is 11.8 Å². The number of fused-ring (bicyclic) bond motifs is 2. The molecule has 39 heavy (non-hydrogen) atoms. The fourth-order valence-electron chi connectivity index (χ4n) is 6.13. The summed E-state index contributed by atoms with van der Waals surface area (Å²) in [6.07, 6.45) is 1.54. The molecule has 8 nitrogen and oxygen atoms in total. The minimum Gasteiger partial charge on any atom is -0.487 e. The first-order chi connectivity index (χ1) is 19.0. The molecule has 2 saturated heterocycles. The zero-order valence-corrected chi connectivity index (χ0v) is 22.2. The molecule has 3 aromatic rings. The van der Waals surface area contributed by atoms with Crippen molar-refractivity contribution in [1.29, 1.82) is 0 Å². The van der Waals surface area contributed by atoms with E-state index in [4.69, 9.17) is 4.74 Å². The lowest BCUT2D eigenvalue weighted by Gasteiger charge is -2.39. The fraction of sp³-hybridized carbons (Fsp3) is 0.387. The second-order valence-electron chi connectivity index (χ2n) is 10.7. The Morgan fingerprint density at radius 2 is 1.85 bits per heavy atom. The molecule has 1 unspecified atom stereocenters. The summed E-state index contributed by atoms with van der Waals surface area (Å²) in [4.78, 5) is 41.0. The molecule has 0 aliphatic carbocycles. The number of hydrogen-bond acceptors (Lipinski definition) is 6. The zero-order valence-electron chi connectivity index (χ0n) is 22.2. The molecule has 3 atom stereocenters. The van der Waals surface area contributed by atoms with Crippen molar-refractivity contribution < 1.29 is 19.1 Å². The minimum atomic E-state index is -0.618. The summed E-state index contributed by atoms with van der Waals surface area (Å²) in [5.41, 5.74) is 2.74. The number of carbonyl (C=O) groups excluding carboxylic acids is 3. The zero-order chi connectivity index (χ0) is 26.9. The number of likely N-dealkylation sites (N-methyl/N-ethyl adjacent to an activating group) is 1. The summed E-state index contributed by atoms with van der Waals surface area (Å²) in [6.45, 7) is 5.97. The standard InChI is InChI=1S/C31H34N4O4/c1-2-32-26-13-14-34(17-20-7-8-21-5-3-4-6-22(21)15-20)19-28(26)39-24-9-10-25-23(16-24)18-35(31(25)38)27-11-12-29(36)33-30(27)37/h3-10,15-16,26-28,32H,2,11-14,17-19H2,1H3,(H,33,36,37)/t26-,27?,28-/m0/s1. The van der Waals surface area contributed by atoms with E-state index in [1.807, 2.05) is 12.1 Å². The second-order valence-corrected chi connectivity index (χ2v) is 10.7. The Hall–Kier alpha value is -3.75. The van der Waals surface area contributed by atoms with Crippen LogP contribution in [0.15, 0.2) is 60.7 Å². The summed E-state index contributed by atoms with van der Waals surface area (Å²) in [7, 11) is 0. The largest absolute Gasteiger partial charge is 0.487 e. The molecule has 2 N–H and O–H groups in total. The number of ether oxygens (including phenoxy) is 1. The average molecular weight is 527 g/mol. The van der Waals surface area contributed by atoms with Gasteiger partial charge in [-0.1, -0.05) is 43.3 Å². The molecule has 8 heteroatoms. The Kier molecular flexibility index (Phi) is 7.06. The maximum Gasteiger partial charge on any atom is 0.255 e. The maximum atomic E-state index is 13.1. The van der Waals surface area contributed by atoms with Crippen LogP contribution in [0.2, 0.25) is 0 Å². The van der Waals surface area contributed by atoms with E-state index in [9.17, 15) is 14.4 Å². The van der Waals surface area contributed by atoms with E-state index < -0.39 is 11.9 Å². The van der Waals surface area contributed by atoms with Gasteiger partial charge in [0.25, 0.3) is 5.91 Å². The molecule has 2 fully saturated rings. The molecule has 6 rings (SSSR count). The number of piperidine rings is 2. The SMILES string of the molecule is CCN[C@H]1CCN(Cc2ccc3ccccc3c2)C[C@@H]1Oc1ccc2c(c1)CN(C1CCC(=O)NC1=O)C2=O. The van der Waals surface area contributed by atoms with Gasteiger partial charge in [-0.25, -0.2) is 0 Å². The van der Waals surface area contributed by atoms with E-state index in [2.05, 4.69) is 64.9 Å². The van der Waals surface area contributed by atoms with Gasteiger partial charge in [-0.3, -0.25) is 24.6 Å². The van der Waals surface area contributed by atoms with Crippen molar-refractivity contribution in [3.05, 3.63) is 77.4 Å². The van der Waals surface area contributed by atoms with Crippen LogP contribution in [0.3, 0.4) is 0 Å². The van der Waals surface area contributed by atoms with Crippen molar-refractivity contribution in [2.75, 3.05) is 19.6 Å². The Morgan fingerprint density at radius 1 is 1.00 bits per heavy atom. The molecule has 3 aromatic carbocycles. The van der Waals surface area contributed by atoms with Crippen molar-refractivity contribution in [3.8, 4) is 5.75 Å². The van der Waals surface area contributed by atoms with Crippen molar-refractivity contribution in [3.63, 3.8) is 0 Å². The summed E-state index contributed by atoms with van der Waals surface area (Å²) < 4.78 is 6.58. The molecule has 0 aromatic heterocycles. The molecule has 0 bridgehead atoms. The summed E-state index contributed by atoms with van der Waals surface area (Å²) in [5, 5.41) is 8.46. The first-order valence-electron chi connectivity index (χ1n) is 13.9. The Morgan fingerprint density at radius 3 is 2.67 bits per heavy atom. The first-order valence-corrected chi connectivity index (χ1v) is 13.9. The first kappa shape index (κ1) is 25.5. The fourth-order valence-corrected chi connectivity index (χ4v) is 6.13. The monoisotopic (exact) mass is 526 g/mol. The van der Waals surface area contributed by atoms with Gasteiger partial charge in [0.15, 0.2) is 0 Å². The van der Waals surface area contributed by atoms with E-state index in [0.717, 1.165) is 43.9 Å².